The molecule has 146 valence electrons. The molecular weight excluding hydrogens is 368 g/mol. The molecule has 1 aromatic rings. The molecule has 0 aliphatic carbocycles. The predicted octanol–water partition coefficient (Wildman–Crippen LogP) is 2.40. The van der Waals surface area contributed by atoms with Crippen LogP contribution in [0.1, 0.15) is 65.7 Å². The molecule has 0 radical (unpaired) electrons. The molecule has 2 saturated heterocycles. The Bertz CT molecular complexity index is 845. The van der Waals surface area contributed by atoms with E-state index < -0.39 is 23.9 Å². The lowest BCUT2D eigenvalue weighted by Crippen LogP contribution is -2.47. The number of Topliss-reactive ketones (excluding diaryl/α,β-unsaturated/α-hetero) is 2. The third-order valence-corrected chi connectivity index (χ3v) is 6.92. The summed E-state index contributed by atoms with van der Waals surface area (Å²) < 4.78 is 5.42. The summed E-state index contributed by atoms with van der Waals surface area (Å²) in [6.07, 6.45) is 0.128. The summed E-state index contributed by atoms with van der Waals surface area (Å²) >= 11 is 1.57. The molecule has 2 aliphatic rings. The monoisotopic (exact) mass is 392 g/mol. The molecule has 1 aromatic heterocycles. The lowest BCUT2D eigenvalue weighted by Gasteiger charge is -2.29. The summed E-state index contributed by atoms with van der Waals surface area (Å²) in [6, 6.07) is -0.662. The molecule has 3 heterocycles. The fourth-order valence-corrected chi connectivity index (χ4v) is 5.45. The SMILES string of the molecule is CC(=O)c1c(C)[nH]c(C(=O)[C@H](C)OC(=O)[C@H]2CS[C@@]3(C)CCC(=O)N23)c1C. The predicted molar refractivity (Wildman–Crippen MR) is 101 cm³/mol. The highest BCUT2D eigenvalue weighted by Crippen LogP contribution is 2.47. The number of H-pyrrole nitrogens is 1. The maximum Gasteiger partial charge on any atom is 0.330 e. The van der Waals surface area contributed by atoms with Gasteiger partial charge in [-0.3, -0.25) is 14.4 Å². The number of thioether (sulfide) groups is 1. The van der Waals surface area contributed by atoms with E-state index in [2.05, 4.69) is 4.98 Å². The largest absolute Gasteiger partial charge is 0.453 e. The first-order valence-corrected chi connectivity index (χ1v) is 9.96. The van der Waals surface area contributed by atoms with E-state index in [1.165, 1.54) is 13.8 Å². The van der Waals surface area contributed by atoms with Crippen LogP contribution in [0.4, 0.5) is 0 Å². The number of aromatic amines is 1. The van der Waals surface area contributed by atoms with E-state index in [-0.39, 0.29) is 22.3 Å². The average molecular weight is 392 g/mol. The first kappa shape index (κ1) is 19.7. The van der Waals surface area contributed by atoms with Crippen LogP contribution in [-0.4, -0.2) is 56.1 Å². The molecule has 3 atom stereocenters. The summed E-state index contributed by atoms with van der Waals surface area (Å²) in [5.41, 5.74) is 1.95. The zero-order chi connectivity index (χ0) is 20.1. The lowest BCUT2D eigenvalue weighted by atomic mass is 10.0. The molecule has 2 aliphatic heterocycles. The summed E-state index contributed by atoms with van der Waals surface area (Å²) in [5, 5.41) is 0. The molecule has 0 spiro atoms. The Balaban J connectivity index is 1.74. The Kier molecular flexibility index (Phi) is 4.96. The van der Waals surface area contributed by atoms with Crippen molar-refractivity contribution in [1.29, 1.82) is 0 Å². The molecule has 1 amide bonds. The van der Waals surface area contributed by atoms with Crippen LogP contribution >= 0.6 is 11.8 Å². The minimum absolute atomic E-state index is 0.0506. The number of carbonyl (C=O) groups excluding carboxylic acids is 4. The molecule has 0 aromatic carbocycles. The molecule has 0 saturated carbocycles. The minimum Gasteiger partial charge on any atom is -0.453 e. The van der Waals surface area contributed by atoms with Crippen LogP contribution in [0.25, 0.3) is 0 Å². The second-order valence-electron chi connectivity index (χ2n) is 7.39. The first-order chi connectivity index (χ1) is 12.6. The third kappa shape index (κ3) is 3.20. The van der Waals surface area contributed by atoms with E-state index in [0.29, 0.717) is 35.4 Å². The van der Waals surface area contributed by atoms with E-state index in [0.717, 1.165) is 0 Å². The van der Waals surface area contributed by atoms with Crippen LogP contribution in [-0.2, 0) is 14.3 Å². The van der Waals surface area contributed by atoms with Gasteiger partial charge in [0.05, 0.1) is 10.6 Å². The van der Waals surface area contributed by atoms with Crippen LogP contribution in [0.15, 0.2) is 0 Å². The number of hydrogen-bond acceptors (Lipinski definition) is 6. The second kappa shape index (κ2) is 6.82. The molecule has 0 unspecified atom stereocenters. The van der Waals surface area contributed by atoms with Crippen molar-refractivity contribution in [2.75, 3.05) is 5.75 Å². The van der Waals surface area contributed by atoms with Gasteiger partial charge in [0.25, 0.3) is 0 Å². The Morgan fingerprint density at radius 2 is 2.00 bits per heavy atom. The molecule has 7 nitrogen and oxygen atoms in total. The quantitative estimate of drug-likeness (QED) is 0.611. The van der Waals surface area contributed by atoms with E-state index in [1.807, 2.05) is 6.92 Å². The number of rotatable bonds is 5. The Labute approximate surface area is 162 Å². The highest BCUT2D eigenvalue weighted by atomic mass is 32.2. The second-order valence-corrected chi connectivity index (χ2v) is 8.89. The van der Waals surface area contributed by atoms with E-state index in [9.17, 15) is 19.2 Å². The van der Waals surface area contributed by atoms with Crippen molar-refractivity contribution in [3.05, 3.63) is 22.5 Å². The van der Waals surface area contributed by atoms with Crippen LogP contribution in [0.2, 0.25) is 0 Å². The Morgan fingerprint density at radius 1 is 1.33 bits per heavy atom. The van der Waals surface area contributed by atoms with Gasteiger partial charge < -0.3 is 14.6 Å². The van der Waals surface area contributed by atoms with Crippen molar-refractivity contribution < 1.29 is 23.9 Å². The number of amides is 1. The van der Waals surface area contributed by atoms with E-state index in [1.54, 1.807) is 30.5 Å². The Hall–Kier alpha value is -2.09. The summed E-state index contributed by atoms with van der Waals surface area (Å²) in [4.78, 5) is 53.5. The number of fused-ring (bicyclic) bond motifs is 1. The van der Waals surface area contributed by atoms with Gasteiger partial charge in [0, 0.05) is 23.4 Å². The van der Waals surface area contributed by atoms with Crippen LogP contribution in [0.3, 0.4) is 0 Å². The minimum atomic E-state index is -1.01. The van der Waals surface area contributed by atoms with Gasteiger partial charge in [-0.1, -0.05) is 0 Å². The maximum absolute atomic E-state index is 12.8. The fourth-order valence-electron chi connectivity index (χ4n) is 4.03. The van der Waals surface area contributed by atoms with E-state index >= 15 is 0 Å². The van der Waals surface area contributed by atoms with Gasteiger partial charge >= 0.3 is 5.97 Å². The number of ether oxygens (including phenoxy) is 1. The third-order valence-electron chi connectivity index (χ3n) is 5.42. The van der Waals surface area contributed by atoms with Crippen LogP contribution in [0.5, 0.6) is 0 Å². The highest BCUT2D eigenvalue weighted by molar-refractivity contribution is 8.01. The van der Waals surface area contributed by atoms with Gasteiger partial charge in [-0.2, -0.15) is 0 Å². The summed E-state index contributed by atoms with van der Waals surface area (Å²) in [6.45, 7) is 8.34. The zero-order valence-electron chi connectivity index (χ0n) is 16.2. The van der Waals surface area contributed by atoms with Crippen LogP contribution < -0.4 is 0 Å². The highest BCUT2D eigenvalue weighted by Gasteiger charge is 2.53. The molecule has 27 heavy (non-hydrogen) atoms. The van der Waals surface area contributed by atoms with Gasteiger partial charge in [0.2, 0.25) is 11.7 Å². The zero-order valence-corrected chi connectivity index (χ0v) is 17.0. The molecule has 3 rings (SSSR count). The standard InChI is InChI=1S/C19H24N2O5S/c1-9-15(11(3)22)10(2)20-16(9)17(24)12(4)26-18(25)13-8-27-19(5)7-6-14(23)21(13)19/h12-13,20H,6-8H2,1-5H3/t12-,13+,19-/m0/s1. The van der Waals surface area contributed by atoms with Gasteiger partial charge in [-0.25, -0.2) is 4.79 Å². The topological polar surface area (TPSA) is 96.5 Å². The number of hydrogen-bond donors (Lipinski definition) is 1. The molecular formula is C19H24N2O5S. The maximum atomic E-state index is 12.8. The van der Waals surface area contributed by atoms with Crippen molar-refractivity contribution >= 4 is 35.2 Å². The first-order valence-electron chi connectivity index (χ1n) is 8.97. The van der Waals surface area contributed by atoms with Crippen molar-refractivity contribution in [2.45, 2.75) is 64.5 Å². The summed E-state index contributed by atoms with van der Waals surface area (Å²) in [5.74, 6) is -0.658. The average Bonchev–Trinajstić information content (AvgIpc) is 3.18. The van der Waals surface area contributed by atoms with Crippen molar-refractivity contribution in [2.24, 2.45) is 0 Å². The number of aromatic nitrogens is 1. The smallest absolute Gasteiger partial charge is 0.330 e. The van der Waals surface area contributed by atoms with Gasteiger partial charge in [0.15, 0.2) is 11.9 Å². The fraction of sp³-hybridized carbons (Fsp3) is 0.579. The van der Waals surface area contributed by atoms with Crippen molar-refractivity contribution in [3.63, 3.8) is 0 Å². The van der Waals surface area contributed by atoms with Gasteiger partial charge in [0.1, 0.15) is 6.04 Å². The number of ketones is 2. The number of nitrogens with zero attached hydrogens (tertiary/aromatic N) is 1. The van der Waals surface area contributed by atoms with Gasteiger partial charge in [-0.05, 0) is 46.6 Å². The van der Waals surface area contributed by atoms with Gasteiger partial charge in [-0.15, -0.1) is 11.8 Å². The molecule has 0 bridgehead atoms. The van der Waals surface area contributed by atoms with E-state index in [4.69, 9.17) is 4.74 Å². The van der Waals surface area contributed by atoms with Crippen molar-refractivity contribution in [1.82, 2.24) is 9.88 Å². The summed E-state index contributed by atoms with van der Waals surface area (Å²) in [7, 11) is 0. The number of carbonyl (C=O) groups is 4. The lowest BCUT2D eigenvalue weighted by molar-refractivity contribution is -0.155. The molecule has 2 fully saturated rings. The molecule has 8 heteroatoms. The molecule has 1 N–H and O–H groups in total. The number of esters is 1. The Morgan fingerprint density at radius 3 is 2.59 bits per heavy atom. The number of nitrogens with one attached hydrogen (secondary N) is 1. The number of aryl methyl sites for hydroxylation is 1. The normalized spacial score (nSPS) is 25.4. The van der Waals surface area contributed by atoms with Crippen molar-refractivity contribution in [3.8, 4) is 0 Å². The van der Waals surface area contributed by atoms with Crippen LogP contribution in [0, 0.1) is 13.8 Å².